The molecule has 0 aliphatic carbocycles. The van der Waals surface area contributed by atoms with Crippen molar-refractivity contribution in [1.29, 1.82) is 0 Å². The predicted molar refractivity (Wildman–Crippen MR) is 97.0 cm³/mol. The normalized spacial score (nSPS) is 14.1. The van der Waals surface area contributed by atoms with E-state index < -0.39 is 26.4 Å². The second-order valence-electron chi connectivity index (χ2n) is 5.66. The number of benzene rings is 2. The number of carbonyl (C=O) groups excluding carboxylic acids is 2. The lowest BCUT2D eigenvalue weighted by molar-refractivity contribution is -0.140. The number of nitrogens with zero attached hydrogens (tertiary/aromatic N) is 1. The molecular formula is C19H18NO6P. The van der Waals surface area contributed by atoms with Gasteiger partial charge in [-0.25, -0.2) is 4.57 Å². The SMILES string of the molecule is O=C1C=CC(=O)N1COP(=O)(OCc1ccccc1)OCc1ccccc1. The van der Waals surface area contributed by atoms with Crippen molar-refractivity contribution >= 4 is 19.6 Å². The topological polar surface area (TPSA) is 82.1 Å². The van der Waals surface area contributed by atoms with Crippen LogP contribution in [0.25, 0.3) is 0 Å². The molecule has 0 fully saturated rings. The first-order valence-electron chi connectivity index (χ1n) is 8.21. The van der Waals surface area contributed by atoms with Gasteiger partial charge in [0.2, 0.25) is 0 Å². The van der Waals surface area contributed by atoms with Crippen molar-refractivity contribution in [3.05, 3.63) is 83.9 Å². The first-order valence-corrected chi connectivity index (χ1v) is 9.67. The number of rotatable bonds is 9. The molecule has 1 aliphatic rings. The highest BCUT2D eigenvalue weighted by molar-refractivity contribution is 7.48. The Labute approximate surface area is 156 Å². The third-order valence-electron chi connectivity index (χ3n) is 3.71. The highest BCUT2D eigenvalue weighted by Gasteiger charge is 2.32. The molecule has 7 nitrogen and oxygen atoms in total. The average molecular weight is 387 g/mol. The van der Waals surface area contributed by atoms with Gasteiger partial charge in [0.15, 0.2) is 0 Å². The van der Waals surface area contributed by atoms with Crippen LogP contribution in [0.1, 0.15) is 11.1 Å². The molecule has 3 rings (SSSR count). The third kappa shape index (κ3) is 5.45. The quantitative estimate of drug-likeness (QED) is 0.484. The van der Waals surface area contributed by atoms with Crippen LogP contribution >= 0.6 is 7.82 Å². The van der Waals surface area contributed by atoms with Crippen LogP contribution in [0.2, 0.25) is 0 Å². The Morgan fingerprint density at radius 3 is 1.59 bits per heavy atom. The average Bonchev–Trinajstić information content (AvgIpc) is 3.03. The zero-order valence-corrected chi connectivity index (χ0v) is 15.3. The molecule has 0 atom stereocenters. The molecule has 8 heteroatoms. The van der Waals surface area contributed by atoms with Gasteiger partial charge in [-0.3, -0.25) is 28.1 Å². The Morgan fingerprint density at radius 2 is 1.15 bits per heavy atom. The fourth-order valence-corrected chi connectivity index (χ4v) is 3.35. The summed E-state index contributed by atoms with van der Waals surface area (Å²) in [7, 11) is -4.03. The van der Waals surface area contributed by atoms with Crippen molar-refractivity contribution in [2.45, 2.75) is 13.2 Å². The van der Waals surface area contributed by atoms with E-state index >= 15 is 0 Å². The van der Waals surface area contributed by atoms with Crippen molar-refractivity contribution in [3.63, 3.8) is 0 Å². The maximum atomic E-state index is 13.0. The van der Waals surface area contributed by atoms with Crippen LogP contribution in [0.3, 0.4) is 0 Å². The zero-order valence-electron chi connectivity index (χ0n) is 14.4. The van der Waals surface area contributed by atoms with Crippen LogP contribution in [0, 0.1) is 0 Å². The summed E-state index contributed by atoms with van der Waals surface area (Å²) in [5.74, 6) is -1.09. The first-order chi connectivity index (χ1) is 13.1. The summed E-state index contributed by atoms with van der Waals surface area (Å²) in [6.45, 7) is -0.536. The number of phosphoric ester groups is 1. The van der Waals surface area contributed by atoms with Crippen LogP contribution in [0.5, 0.6) is 0 Å². The third-order valence-corrected chi connectivity index (χ3v) is 5.03. The highest BCUT2D eigenvalue weighted by Crippen LogP contribution is 2.51. The van der Waals surface area contributed by atoms with Crippen LogP contribution in [0.15, 0.2) is 72.8 Å². The standard InChI is InChI=1S/C19H18NO6P/c21-18-11-12-19(22)20(18)15-26-27(23,24-13-16-7-3-1-4-8-16)25-14-17-9-5-2-6-10-17/h1-12H,13-15H2. The van der Waals surface area contributed by atoms with Crippen molar-refractivity contribution in [3.8, 4) is 0 Å². The largest absolute Gasteiger partial charge is 0.477 e. The van der Waals surface area contributed by atoms with Crippen LogP contribution in [-0.4, -0.2) is 23.4 Å². The fraction of sp³-hybridized carbons (Fsp3) is 0.158. The van der Waals surface area contributed by atoms with E-state index in [9.17, 15) is 14.2 Å². The maximum absolute atomic E-state index is 13.0. The van der Waals surface area contributed by atoms with E-state index in [0.717, 1.165) is 28.2 Å². The molecule has 0 unspecified atom stereocenters. The van der Waals surface area contributed by atoms with E-state index in [2.05, 4.69) is 0 Å². The van der Waals surface area contributed by atoms with Crippen LogP contribution in [0.4, 0.5) is 0 Å². The van der Waals surface area contributed by atoms with Gasteiger partial charge >= 0.3 is 7.82 Å². The molecule has 2 aromatic rings. The summed E-state index contributed by atoms with van der Waals surface area (Å²) in [4.78, 5) is 24.1. The highest BCUT2D eigenvalue weighted by atomic mass is 31.2. The summed E-state index contributed by atoms with van der Waals surface area (Å²) < 4.78 is 29.1. The molecule has 0 radical (unpaired) electrons. The van der Waals surface area contributed by atoms with Gasteiger partial charge in [0.1, 0.15) is 6.73 Å². The van der Waals surface area contributed by atoms with Crippen molar-refractivity contribution in [2.24, 2.45) is 0 Å². The van der Waals surface area contributed by atoms with Crippen LogP contribution < -0.4 is 0 Å². The van der Waals surface area contributed by atoms with Gasteiger partial charge in [-0.1, -0.05) is 60.7 Å². The Morgan fingerprint density at radius 1 is 0.704 bits per heavy atom. The molecule has 2 aromatic carbocycles. The summed E-state index contributed by atoms with van der Waals surface area (Å²) >= 11 is 0. The molecule has 1 heterocycles. The van der Waals surface area contributed by atoms with Gasteiger partial charge in [0.25, 0.3) is 11.8 Å². The van der Waals surface area contributed by atoms with Gasteiger partial charge in [0.05, 0.1) is 13.2 Å². The molecule has 0 bridgehead atoms. The van der Waals surface area contributed by atoms with Gasteiger partial charge in [-0.15, -0.1) is 0 Å². The van der Waals surface area contributed by atoms with Gasteiger partial charge in [-0.2, -0.15) is 0 Å². The Bertz CT molecular complexity index is 803. The molecule has 27 heavy (non-hydrogen) atoms. The van der Waals surface area contributed by atoms with Gasteiger partial charge < -0.3 is 0 Å². The molecule has 0 N–H and O–H groups in total. The predicted octanol–water partition coefficient (Wildman–Crippen LogP) is 3.43. The summed E-state index contributed by atoms with van der Waals surface area (Å²) in [5, 5.41) is 0. The molecular weight excluding hydrogens is 369 g/mol. The molecule has 0 spiro atoms. The van der Waals surface area contributed by atoms with E-state index in [4.69, 9.17) is 13.6 Å². The summed E-state index contributed by atoms with van der Waals surface area (Å²) in [6.07, 6.45) is 2.23. The van der Waals surface area contributed by atoms with Gasteiger partial charge in [-0.05, 0) is 11.1 Å². The Balaban J connectivity index is 1.66. The number of hydrogen-bond donors (Lipinski definition) is 0. The second-order valence-corrected chi connectivity index (χ2v) is 7.33. The first kappa shape index (κ1) is 19.2. The lowest BCUT2D eigenvalue weighted by atomic mass is 10.2. The van der Waals surface area contributed by atoms with Crippen molar-refractivity contribution < 1.29 is 27.7 Å². The number of hydrogen-bond acceptors (Lipinski definition) is 6. The van der Waals surface area contributed by atoms with Crippen molar-refractivity contribution in [2.75, 3.05) is 6.73 Å². The minimum absolute atomic E-state index is 0.00689. The molecule has 0 aromatic heterocycles. The second kappa shape index (κ2) is 8.88. The Kier molecular flexibility index (Phi) is 6.32. The molecule has 1 aliphatic heterocycles. The van der Waals surface area contributed by atoms with E-state index in [-0.39, 0.29) is 13.2 Å². The Hall–Kier alpha value is -2.57. The van der Waals surface area contributed by atoms with Crippen LogP contribution in [-0.2, 0) is 40.9 Å². The lowest BCUT2D eigenvalue weighted by Crippen LogP contribution is -2.32. The number of imide groups is 1. The number of amides is 2. The van der Waals surface area contributed by atoms with E-state index in [1.165, 1.54) is 0 Å². The zero-order chi connectivity index (χ0) is 19.1. The van der Waals surface area contributed by atoms with E-state index in [1.54, 1.807) is 24.3 Å². The minimum Gasteiger partial charge on any atom is -0.282 e. The number of phosphoric acid groups is 1. The van der Waals surface area contributed by atoms with Crippen molar-refractivity contribution in [1.82, 2.24) is 4.90 Å². The monoisotopic (exact) mass is 387 g/mol. The number of carbonyl (C=O) groups is 2. The minimum atomic E-state index is -4.03. The van der Waals surface area contributed by atoms with E-state index in [1.807, 2.05) is 36.4 Å². The van der Waals surface area contributed by atoms with Gasteiger partial charge in [0, 0.05) is 12.2 Å². The summed E-state index contributed by atoms with van der Waals surface area (Å²) in [6, 6.07) is 18.2. The smallest absolute Gasteiger partial charge is 0.282 e. The molecule has 2 amide bonds. The molecule has 140 valence electrons. The molecule has 0 saturated heterocycles. The molecule has 0 saturated carbocycles. The van der Waals surface area contributed by atoms with E-state index in [0.29, 0.717) is 0 Å². The lowest BCUT2D eigenvalue weighted by Gasteiger charge is -2.21. The maximum Gasteiger partial charge on any atom is 0.477 e. The fourth-order valence-electron chi connectivity index (χ4n) is 2.25. The summed E-state index contributed by atoms with van der Waals surface area (Å²) in [5.41, 5.74) is 1.55.